The molecule has 0 fully saturated rings. The molecule has 0 aliphatic carbocycles. The lowest BCUT2D eigenvalue weighted by Gasteiger charge is -2.26. The number of benzene rings is 1. The van der Waals surface area contributed by atoms with E-state index < -0.39 is 23.7 Å². The molecule has 2 N–H and O–H groups in total. The minimum Gasteiger partial charge on any atom is -0.490 e. The molecule has 0 unspecified atom stereocenters. The number of nitrogens with one attached hydrogen (secondary N) is 1. The van der Waals surface area contributed by atoms with Crippen LogP contribution in [0.3, 0.4) is 0 Å². The van der Waals surface area contributed by atoms with Crippen LogP contribution in [0.4, 0.5) is 4.39 Å². The Morgan fingerprint density at radius 2 is 2.21 bits per heavy atom. The summed E-state index contributed by atoms with van der Waals surface area (Å²) in [6.45, 7) is 2.02. The molecule has 1 amide bonds. The first-order chi connectivity index (χ1) is 11.5. The summed E-state index contributed by atoms with van der Waals surface area (Å²) in [5.74, 6) is -1.87. The van der Waals surface area contributed by atoms with Gasteiger partial charge in [0.05, 0.1) is 12.6 Å². The van der Waals surface area contributed by atoms with Crippen LogP contribution in [-0.4, -0.2) is 23.6 Å². The van der Waals surface area contributed by atoms with Crippen LogP contribution in [0.1, 0.15) is 51.6 Å². The zero-order chi connectivity index (χ0) is 17.3. The number of ether oxygens (including phenoxy) is 1. The first kappa shape index (κ1) is 16.0. The molecule has 1 aliphatic rings. The Morgan fingerprint density at radius 1 is 1.42 bits per heavy atom. The van der Waals surface area contributed by atoms with Crippen molar-refractivity contribution in [1.29, 1.82) is 0 Å². The van der Waals surface area contributed by atoms with Gasteiger partial charge in [0.1, 0.15) is 11.3 Å². The zero-order valence-corrected chi connectivity index (χ0v) is 13.0. The fraction of sp³-hybridized carbons (Fsp3) is 0.294. The van der Waals surface area contributed by atoms with Gasteiger partial charge in [-0.15, -0.1) is 0 Å². The second kappa shape index (κ2) is 6.35. The van der Waals surface area contributed by atoms with Crippen LogP contribution in [0.15, 0.2) is 28.7 Å². The lowest BCUT2D eigenvalue weighted by molar-refractivity contribution is 0.0694. The fourth-order valence-corrected chi connectivity index (χ4v) is 2.75. The van der Waals surface area contributed by atoms with Crippen LogP contribution in [0, 0.1) is 5.82 Å². The molecule has 1 aliphatic heterocycles. The number of hydrogen-bond donors (Lipinski definition) is 2. The topological polar surface area (TPSA) is 88.8 Å². The Bertz CT molecular complexity index is 798. The van der Waals surface area contributed by atoms with Crippen molar-refractivity contribution in [2.24, 2.45) is 0 Å². The highest BCUT2D eigenvalue weighted by Gasteiger charge is 2.27. The van der Waals surface area contributed by atoms with Gasteiger partial charge in [-0.3, -0.25) is 4.79 Å². The van der Waals surface area contributed by atoms with Crippen LogP contribution in [0.5, 0.6) is 5.75 Å². The predicted octanol–water partition coefficient (Wildman–Crippen LogP) is 2.93. The number of aryl methyl sites for hydroxylation is 1. The molecule has 1 atom stereocenters. The maximum Gasteiger partial charge on any atom is 0.339 e. The molecule has 1 aromatic carbocycles. The van der Waals surface area contributed by atoms with Gasteiger partial charge in [-0.25, -0.2) is 9.18 Å². The van der Waals surface area contributed by atoms with Crippen molar-refractivity contribution in [3.8, 4) is 5.75 Å². The average molecular weight is 333 g/mol. The van der Waals surface area contributed by atoms with Crippen molar-refractivity contribution in [2.45, 2.75) is 25.8 Å². The first-order valence-corrected chi connectivity index (χ1v) is 7.59. The number of carbonyl (C=O) groups is 2. The van der Waals surface area contributed by atoms with Gasteiger partial charge in [-0.2, -0.15) is 0 Å². The van der Waals surface area contributed by atoms with Gasteiger partial charge in [-0.05, 0) is 6.07 Å². The van der Waals surface area contributed by atoms with Gasteiger partial charge < -0.3 is 19.6 Å². The highest BCUT2D eigenvalue weighted by Crippen LogP contribution is 2.34. The van der Waals surface area contributed by atoms with E-state index in [0.717, 1.165) is 0 Å². The van der Waals surface area contributed by atoms with Crippen molar-refractivity contribution in [1.82, 2.24) is 5.32 Å². The zero-order valence-electron chi connectivity index (χ0n) is 13.0. The monoisotopic (exact) mass is 333 g/mol. The fourth-order valence-electron chi connectivity index (χ4n) is 2.75. The van der Waals surface area contributed by atoms with Crippen LogP contribution < -0.4 is 10.1 Å². The number of carboxylic acid groups (broad SMARTS) is 1. The van der Waals surface area contributed by atoms with Gasteiger partial charge in [0.2, 0.25) is 0 Å². The lowest BCUT2D eigenvalue weighted by Crippen LogP contribution is -2.32. The Balaban J connectivity index is 1.84. The quantitative estimate of drug-likeness (QED) is 0.898. The number of hydrogen-bond acceptors (Lipinski definition) is 4. The summed E-state index contributed by atoms with van der Waals surface area (Å²) in [4.78, 5) is 23.5. The lowest BCUT2D eigenvalue weighted by atomic mass is 10.00. The third-order valence-electron chi connectivity index (χ3n) is 3.92. The SMILES string of the molecule is CCc1oc(C(=O)N[C@@H]2CCOc3c(F)cccc32)cc1C(=O)O. The summed E-state index contributed by atoms with van der Waals surface area (Å²) in [7, 11) is 0. The van der Waals surface area contributed by atoms with Gasteiger partial charge in [0.25, 0.3) is 5.91 Å². The highest BCUT2D eigenvalue weighted by atomic mass is 19.1. The summed E-state index contributed by atoms with van der Waals surface area (Å²) < 4.78 is 24.4. The summed E-state index contributed by atoms with van der Waals surface area (Å²) >= 11 is 0. The maximum absolute atomic E-state index is 13.8. The van der Waals surface area contributed by atoms with E-state index >= 15 is 0 Å². The Labute approximate surface area is 137 Å². The summed E-state index contributed by atoms with van der Waals surface area (Å²) in [6.07, 6.45) is 0.843. The van der Waals surface area contributed by atoms with Crippen molar-refractivity contribution < 1.29 is 28.2 Å². The molecule has 0 radical (unpaired) electrons. The Morgan fingerprint density at radius 3 is 2.88 bits per heavy atom. The second-order valence-corrected chi connectivity index (χ2v) is 5.43. The van der Waals surface area contributed by atoms with Gasteiger partial charge in [-0.1, -0.05) is 19.1 Å². The molecule has 0 saturated carbocycles. The Hall–Kier alpha value is -2.83. The third-order valence-corrected chi connectivity index (χ3v) is 3.92. The smallest absolute Gasteiger partial charge is 0.339 e. The van der Waals surface area contributed by atoms with Gasteiger partial charge in [0.15, 0.2) is 17.3 Å². The maximum atomic E-state index is 13.8. The second-order valence-electron chi connectivity index (χ2n) is 5.43. The van der Waals surface area contributed by atoms with Gasteiger partial charge >= 0.3 is 5.97 Å². The summed E-state index contributed by atoms with van der Waals surface area (Å²) in [5.41, 5.74) is 0.524. The number of aromatic carboxylic acids is 1. The normalized spacial score (nSPS) is 16.2. The molecule has 3 rings (SSSR count). The molecule has 6 nitrogen and oxygen atoms in total. The van der Waals surface area contributed by atoms with Crippen LogP contribution in [0.25, 0.3) is 0 Å². The first-order valence-electron chi connectivity index (χ1n) is 7.59. The van der Waals surface area contributed by atoms with E-state index in [1.54, 1.807) is 19.1 Å². The third kappa shape index (κ3) is 2.84. The largest absolute Gasteiger partial charge is 0.490 e. The van der Waals surface area contributed by atoms with E-state index in [1.807, 2.05) is 0 Å². The van der Waals surface area contributed by atoms with Crippen molar-refractivity contribution in [3.05, 3.63) is 52.7 Å². The number of furan rings is 1. The van der Waals surface area contributed by atoms with E-state index in [1.165, 1.54) is 12.1 Å². The molecule has 7 heteroatoms. The summed E-state index contributed by atoms with van der Waals surface area (Å²) in [6, 6.07) is 5.31. The van der Waals surface area contributed by atoms with Crippen LogP contribution in [0.2, 0.25) is 0 Å². The number of rotatable bonds is 4. The number of carboxylic acids is 1. The standard InChI is InChI=1S/C17H16FNO5/c1-2-13-10(17(21)22)8-14(24-13)16(20)19-12-6-7-23-15-9(12)4-3-5-11(15)18/h3-5,8,12H,2,6-7H2,1H3,(H,19,20)(H,21,22)/t12-/m1/s1. The molecule has 126 valence electrons. The van der Waals surface area contributed by atoms with Crippen molar-refractivity contribution in [2.75, 3.05) is 6.61 Å². The predicted molar refractivity (Wildman–Crippen MR) is 81.8 cm³/mol. The summed E-state index contributed by atoms with van der Waals surface area (Å²) in [5, 5.41) is 11.9. The molecule has 0 spiro atoms. The van der Waals surface area contributed by atoms with E-state index in [-0.39, 0.29) is 29.4 Å². The van der Waals surface area contributed by atoms with Crippen LogP contribution >= 0.6 is 0 Å². The molecule has 2 aromatic rings. The minimum absolute atomic E-state index is 0.0268. The number of amides is 1. The molecule has 2 heterocycles. The molecule has 24 heavy (non-hydrogen) atoms. The average Bonchev–Trinajstić information content (AvgIpc) is 3.00. The van der Waals surface area contributed by atoms with Crippen LogP contribution in [-0.2, 0) is 6.42 Å². The van der Waals surface area contributed by atoms with E-state index in [4.69, 9.17) is 14.3 Å². The van der Waals surface area contributed by atoms with E-state index in [9.17, 15) is 14.0 Å². The molecule has 1 aromatic heterocycles. The Kier molecular flexibility index (Phi) is 4.24. The number of para-hydroxylation sites is 1. The van der Waals surface area contributed by atoms with E-state index in [0.29, 0.717) is 18.4 Å². The number of fused-ring (bicyclic) bond motifs is 1. The van der Waals surface area contributed by atoms with Crippen molar-refractivity contribution in [3.63, 3.8) is 0 Å². The minimum atomic E-state index is -1.15. The highest BCUT2D eigenvalue weighted by molar-refractivity contribution is 5.96. The van der Waals surface area contributed by atoms with Gasteiger partial charge in [0, 0.05) is 24.5 Å². The molecular weight excluding hydrogens is 317 g/mol. The molecule has 0 saturated heterocycles. The van der Waals surface area contributed by atoms with Crippen molar-refractivity contribution >= 4 is 11.9 Å². The molecular formula is C17H16FNO5. The van der Waals surface area contributed by atoms with E-state index in [2.05, 4.69) is 5.32 Å². The number of halogens is 1. The number of carbonyl (C=O) groups excluding carboxylic acids is 1. The molecule has 0 bridgehead atoms.